The van der Waals surface area contributed by atoms with Crippen LogP contribution in [0.3, 0.4) is 0 Å². The van der Waals surface area contributed by atoms with E-state index in [9.17, 15) is 9.59 Å². The number of ether oxygens (including phenoxy) is 1. The first kappa shape index (κ1) is 22.1. The van der Waals surface area contributed by atoms with Crippen molar-refractivity contribution >= 4 is 41.8 Å². The van der Waals surface area contributed by atoms with E-state index in [0.29, 0.717) is 32.4 Å². The minimum absolute atomic E-state index is 0. The molecule has 0 bridgehead atoms. The van der Waals surface area contributed by atoms with Crippen LogP contribution in [0.4, 0.5) is 0 Å². The molecule has 25 heavy (non-hydrogen) atoms. The van der Waals surface area contributed by atoms with Crippen LogP contribution in [-0.4, -0.2) is 74.5 Å². The predicted molar refractivity (Wildman–Crippen MR) is 108 cm³/mol. The molecule has 0 radical (unpaired) electrons. The Morgan fingerprint density at radius 3 is 2.52 bits per heavy atom. The van der Waals surface area contributed by atoms with E-state index >= 15 is 0 Å². The largest absolute Gasteiger partial charge is 0.381 e. The summed E-state index contributed by atoms with van der Waals surface area (Å²) in [5.41, 5.74) is 0. The maximum absolute atomic E-state index is 11.8. The predicted octanol–water partition coefficient (Wildman–Crippen LogP) is 1.47. The zero-order valence-corrected chi connectivity index (χ0v) is 17.7. The quantitative estimate of drug-likeness (QED) is 0.278. The Kier molecular flexibility index (Phi) is 10.3. The highest BCUT2D eigenvalue weighted by molar-refractivity contribution is 14.0. The first-order chi connectivity index (χ1) is 11.6. The van der Waals surface area contributed by atoms with Gasteiger partial charge in [-0.15, -0.1) is 24.0 Å². The maximum atomic E-state index is 11.8. The molecular formula is C17H31IN4O3. The van der Waals surface area contributed by atoms with E-state index in [1.54, 1.807) is 7.05 Å². The van der Waals surface area contributed by atoms with Crippen molar-refractivity contribution in [3.8, 4) is 0 Å². The Labute approximate surface area is 167 Å². The van der Waals surface area contributed by atoms with E-state index in [1.807, 2.05) is 7.05 Å². The van der Waals surface area contributed by atoms with Crippen LogP contribution in [0.25, 0.3) is 0 Å². The van der Waals surface area contributed by atoms with Gasteiger partial charge in [0.2, 0.25) is 11.8 Å². The lowest BCUT2D eigenvalue weighted by molar-refractivity contribution is -0.147. The van der Waals surface area contributed by atoms with Crippen LogP contribution in [-0.2, 0) is 14.3 Å². The summed E-state index contributed by atoms with van der Waals surface area (Å²) < 4.78 is 5.39. The Hall–Kier alpha value is -0.900. The van der Waals surface area contributed by atoms with Crippen molar-refractivity contribution in [3.05, 3.63) is 0 Å². The second kappa shape index (κ2) is 11.7. The molecule has 0 unspecified atom stereocenters. The highest BCUT2D eigenvalue weighted by Crippen LogP contribution is 2.18. The summed E-state index contributed by atoms with van der Waals surface area (Å²) >= 11 is 0. The number of rotatable bonds is 6. The number of guanidine groups is 1. The van der Waals surface area contributed by atoms with Crippen LogP contribution in [0.15, 0.2) is 4.99 Å². The lowest BCUT2D eigenvalue weighted by Gasteiger charge is -2.28. The molecule has 7 nitrogen and oxygen atoms in total. The first-order valence-corrected chi connectivity index (χ1v) is 8.94. The summed E-state index contributed by atoms with van der Waals surface area (Å²) in [6, 6.07) is 0. The summed E-state index contributed by atoms with van der Waals surface area (Å²) in [5.74, 6) is 1.41. The van der Waals surface area contributed by atoms with Gasteiger partial charge >= 0.3 is 0 Å². The summed E-state index contributed by atoms with van der Waals surface area (Å²) in [6.07, 6.45) is 5.04. The lowest BCUT2D eigenvalue weighted by atomic mass is 9.96. The topological polar surface area (TPSA) is 74.2 Å². The minimum atomic E-state index is -0.0593. The molecule has 0 spiro atoms. The van der Waals surface area contributed by atoms with Gasteiger partial charge < -0.3 is 15.0 Å². The van der Waals surface area contributed by atoms with E-state index in [2.05, 4.69) is 15.2 Å². The Bertz CT molecular complexity index is 451. The van der Waals surface area contributed by atoms with Crippen molar-refractivity contribution < 1.29 is 14.3 Å². The fourth-order valence-electron chi connectivity index (χ4n) is 3.23. The molecule has 2 heterocycles. The van der Waals surface area contributed by atoms with Crippen LogP contribution in [0.2, 0.25) is 0 Å². The van der Waals surface area contributed by atoms with E-state index < -0.39 is 0 Å². The van der Waals surface area contributed by atoms with Crippen molar-refractivity contribution in [1.29, 1.82) is 0 Å². The number of piperidine rings is 1. The number of carbonyl (C=O) groups excluding carboxylic acids is 2. The van der Waals surface area contributed by atoms with Gasteiger partial charge in [0, 0.05) is 59.8 Å². The summed E-state index contributed by atoms with van der Waals surface area (Å²) in [6.45, 7) is 3.63. The van der Waals surface area contributed by atoms with E-state index in [-0.39, 0.29) is 35.8 Å². The van der Waals surface area contributed by atoms with Crippen LogP contribution >= 0.6 is 24.0 Å². The van der Waals surface area contributed by atoms with Gasteiger partial charge in [0.05, 0.1) is 0 Å². The smallest absolute Gasteiger partial charge is 0.229 e. The van der Waals surface area contributed by atoms with E-state index in [0.717, 1.165) is 50.9 Å². The summed E-state index contributed by atoms with van der Waals surface area (Å²) in [5, 5.41) is 3.25. The second-order valence-electron chi connectivity index (χ2n) is 6.53. The Balaban J connectivity index is 0.00000312. The molecular weight excluding hydrogens is 435 g/mol. The molecule has 2 aliphatic rings. The SMILES string of the molecule is CN=C(NCCN1C(=O)CCCC1=O)N(C)CCC1CCOCC1.I. The molecule has 0 aromatic rings. The molecule has 2 rings (SSSR count). The van der Waals surface area contributed by atoms with Gasteiger partial charge in [0.25, 0.3) is 0 Å². The number of aliphatic imine (C=N–C) groups is 1. The fourth-order valence-corrected chi connectivity index (χ4v) is 3.23. The molecule has 2 saturated heterocycles. The van der Waals surface area contributed by atoms with Crippen molar-refractivity contribution in [2.45, 2.75) is 38.5 Å². The number of hydrogen-bond donors (Lipinski definition) is 1. The number of halogens is 1. The van der Waals surface area contributed by atoms with Gasteiger partial charge in [-0.1, -0.05) is 0 Å². The zero-order chi connectivity index (χ0) is 17.4. The van der Waals surface area contributed by atoms with Gasteiger partial charge in [-0.25, -0.2) is 0 Å². The van der Waals surface area contributed by atoms with Crippen LogP contribution in [0.5, 0.6) is 0 Å². The van der Waals surface area contributed by atoms with Crippen molar-refractivity contribution in [2.75, 3.05) is 46.9 Å². The molecule has 0 aliphatic carbocycles. The lowest BCUT2D eigenvalue weighted by Crippen LogP contribution is -2.47. The Morgan fingerprint density at radius 1 is 1.28 bits per heavy atom. The van der Waals surface area contributed by atoms with Gasteiger partial charge in [0.1, 0.15) is 0 Å². The number of imide groups is 1. The van der Waals surface area contributed by atoms with Crippen LogP contribution in [0.1, 0.15) is 38.5 Å². The Morgan fingerprint density at radius 2 is 1.92 bits per heavy atom. The molecule has 2 amide bonds. The number of hydrogen-bond acceptors (Lipinski definition) is 4. The molecule has 0 aromatic carbocycles. The average Bonchev–Trinajstić information content (AvgIpc) is 2.60. The maximum Gasteiger partial charge on any atom is 0.229 e. The normalized spacial score (nSPS) is 19.6. The van der Waals surface area contributed by atoms with Crippen molar-refractivity contribution in [2.24, 2.45) is 10.9 Å². The van der Waals surface area contributed by atoms with E-state index in [1.165, 1.54) is 4.90 Å². The van der Waals surface area contributed by atoms with Crippen LogP contribution < -0.4 is 5.32 Å². The molecule has 0 atom stereocenters. The minimum Gasteiger partial charge on any atom is -0.381 e. The number of nitrogens with zero attached hydrogens (tertiary/aromatic N) is 3. The van der Waals surface area contributed by atoms with Crippen molar-refractivity contribution in [3.63, 3.8) is 0 Å². The highest BCUT2D eigenvalue weighted by Gasteiger charge is 2.25. The number of nitrogens with one attached hydrogen (secondary N) is 1. The summed E-state index contributed by atoms with van der Waals surface area (Å²) in [4.78, 5) is 31.3. The summed E-state index contributed by atoms with van der Waals surface area (Å²) in [7, 11) is 3.77. The molecule has 2 aliphatic heterocycles. The number of carbonyl (C=O) groups is 2. The molecule has 0 aromatic heterocycles. The van der Waals surface area contributed by atoms with Gasteiger partial charge in [-0.2, -0.15) is 0 Å². The van der Waals surface area contributed by atoms with Crippen molar-refractivity contribution in [1.82, 2.24) is 15.1 Å². The third-order valence-corrected chi connectivity index (χ3v) is 4.79. The monoisotopic (exact) mass is 466 g/mol. The van der Waals surface area contributed by atoms with Gasteiger partial charge in [-0.05, 0) is 31.6 Å². The molecule has 144 valence electrons. The second-order valence-corrected chi connectivity index (χ2v) is 6.53. The molecule has 1 N–H and O–H groups in total. The molecule has 2 fully saturated rings. The third kappa shape index (κ3) is 7.08. The number of amides is 2. The van der Waals surface area contributed by atoms with Gasteiger partial charge in [-0.3, -0.25) is 19.5 Å². The fraction of sp³-hybridized carbons (Fsp3) is 0.824. The first-order valence-electron chi connectivity index (χ1n) is 8.94. The van der Waals surface area contributed by atoms with E-state index in [4.69, 9.17) is 4.74 Å². The highest BCUT2D eigenvalue weighted by atomic mass is 127. The molecule has 8 heteroatoms. The molecule has 0 saturated carbocycles. The average molecular weight is 466 g/mol. The van der Waals surface area contributed by atoms with Gasteiger partial charge in [0.15, 0.2) is 5.96 Å². The standard InChI is InChI=1S/C17H30N4O3.HI/c1-18-17(20(2)10-6-14-7-12-24-13-8-14)19-9-11-21-15(22)4-3-5-16(21)23;/h14H,3-13H2,1-2H3,(H,18,19);1H. The van der Waals surface area contributed by atoms with Crippen LogP contribution in [0, 0.1) is 5.92 Å². The number of likely N-dealkylation sites (tertiary alicyclic amines) is 1. The third-order valence-electron chi connectivity index (χ3n) is 4.79. The zero-order valence-electron chi connectivity index (χ0n) is 15.3.